The summed E-state index contributed by atoms with van der Waals surface area (Å²) in [6.07, 6.45) is 1.85. The molecule has 17 heavy (non-hydrogen) atoms. The van der Waals surface area contributed by atoms with Crippen molar-refractivity contribution in [3.63, 3.8) is 0 Å². The van der Waals surface area contributed by atoms with Crippen molar-refractivity contribution < 1.29 is 0 Å². The van der Waals surface area contributed by atoms with Crippen LogP contribution in [-0.4, -0.2) is 16.5 Å². The molecule has 0 saturated heterocycles. The van der Waals surface area contributed by atoms with Crippen LogP contribution in [-0.2, 0) is 0 Å². The van der Waals surface area contributed by atoms with Crippen LogP contribution in [0.3, 0.4) is 0 Å². The predicted molar refractivity (Wildman–Crippen MR) is 87.1 cm³/mol. The van der Waals surface area contributed by atoms with Crippen LogP contribution >= 0.6 is 45.2 Å². The Kier molecular flexibility index (Phi) is 4.55. The zero-order valence-electron chi connectivity index (χ0n) is 9.24. The van der Waals surface area contributed by atoms with Gasteiger partial charge in [-0.1, -0.05) is 12.1 Å². The summed E-state index contributed by atoms with van der Waals surface area (Å²) in [7, 11) is 0. The minimum absolute atomic E-state index is 0.762. The van der Waals surface area contributed by atoms with Crippen molar-refractivity contribution in [2.45, 2.75) is 6.92 Å². The van der Waals surface area contributed by atoms with Crippen LogP contribution in [0.4, 0.5) is 5.82 Å². The lowest BCUT2D eigenvalue weighted by Crippen LogP contribution is -2.03. The Hall–Kier alpha value is -0.440. The van der Waals surface area contributed by atoms with Crippen molar-refractivity contribution in [3.05, 3.63) is 37.6 Å². The second-order valence-corrected chi connectivity index (χ2v) is 5.84. The fraction of sp³-hybridized carbons (Fsp3) is 0.167. The predicted octanol–water partition coefficient (Wildman–Crippen LogP) is 3.78. The number of rotatable bonds is 3. The minimum Gasteiger partial charge on any atom is -0.369 e. The van der Waals surface area contributed by atoms with Gasteiger partial charge in [-0.25, -0.2) is 9.97 Å². The highest BCUT2D eigenvalue weighted by Gasteiger charge is 2.05. The molecule has 0 aliphatic rings. The Morgan fingerprint density at radius 1 is 1.18 bits per heavy atom. The lowest BCUT2D eigenvalue weighted by Gasteiger charge is -2.07. The van der Waals surface area contributed by atoms with Gasteiger partial charge in [0, 0.05) is 21.9 Å². The van der Waals surface area contributed by atoms with E-state index in [1.807, 2.05) is 18.3 Å². The van der Waals surface area contributed by atoms with Gasteiger partial charge in [0.05, 0.1) is 3.57 Å². The average molecular weight is 451 g/mol. The molecule has 0 aliphatic carbocycles. The molecule has 0 atom stereocenters. The molecular formula is C12H11I2N3. The van der Waals surface area contributed by atoms with Crippen LogP contribution in [0.1, 0.15) is 6.92 Å². The number of anilines is 1. The van der Waals surface area contributed by atoms with E-state index in [4.69, 9.17) is 0 Å². The largest absolute Gasteiger partial charge is 0.369 e. The van der Waals surface area contributed by atoms with Crippen LogP contribution in [0, 0.1) is 7.14 Å². The van der Waals surface area contributed by atoms with Gasteiger partial charge < -0.3 is 5.32 Å². The van der Waals surface area contributed by atoms with Gasteiger partial charge in [-0.2, -0.15) is 0 Å². The van der Waals surface area contributed by atoms with E-state index < -0.39 is 0 Å². The SMILES string of the molecule is CCNc1nc(-c2ccc(I)cc2)ncc1I. The molecule has 1 heterocycles. The number of nitrogens with one attached hydrogen (secondary N) is 1. The van der Waals surface area contributed by atoms with E-state index in [1.54, 1.807) is 0 Å². The molecular weight excluding hydrogens is 440 g/mol. The molecule has 3 nitrogen and oxygen atoms in total. The maximum Gasteiger partial charge on any atom is 0.161 e. The quantitative estimate of drug-likeness (QED) is 0.723. The van der Waals surface area contributed by atoms with Gasteiger partial charge in [-0.05, 0) is 64.2 Å². The number of nitrogens with zero attached hydrogens (tertiary/aromatic N) is 2. The number of benzene rings is 1. The zero-order valence-corrected chi connectivity index (χ0v) is 13.6. The number of hydrogen-bond acceptors (Lipinski definition) is 3. The van der Waals surface area contributed by atoms with E-state index in [-0.39, 0.29) is 0 Å². The van der Waals surface area contributed by atoms with Crippen LogP contribution in [0.25, 0.3) is 11.4 Å². The van der Waals surface area contributed by atoms with E-state index in [9.17, 15) is 0 Å². The van der Waals surface area contributed by atoms with Crippen LogP contribution in [0.2, 0.25) is 0 Å². The highest BCUT2D eigenvalue weighted by Crippen LogP contribution is 2.21. The van der Waals surface area contributed by atoms with Gasteiger partial charge in [-0.15, -0.1) is 0 Å². The summed E-state index contributed by atoms with van der Waals surface area (Å²) in [5.41, 5.74) is 1.04. The van der Waals surface area contributed by atoms with E-state index in [0.717, 1.165) is 27.3 Å². The smallest absolute Gasteiger partial charge is 0.161 e. The Bertz CT molecular complexity index is 512. The van der Waals surface area contributed by atoms with Crippen LogP contribution in [0.5, 0.6) is 0 Å². The minimum atomic E-state index is 0.762. The van der Waals surface area contributed by atoms with Gasteiger partial charge in [0.15, 0.2) is 5.82 Å². The second-order valence-electron chi connectivity index (χ2n) is 3.43. The highest BCUT2D eigenvalue weighted by molar-refractivity contribution is 14.1. The summed E-state index contributed by atoms with van der Waals surface area (Å²) in [6, 6.07) is 8.20. The summed E-state index contributed by atoms with van der Waals surface area (Å²) in [5.74, 6) is 1.66. The first kappa shape index (κ1) is 13.0. The summed E-state index contributed by atoms with van der Waals surface area (Å²) in [5, 5.41) is 3.24. The number of hydrogen-bond donors (Lipinski definition) is 1. The topological polar surface area (TPSA) is 37.8 Å². The molecule has 1 aromatic carbocycles. The third kappa shape index (κ3) is 3.27. The van der Waals surface area contributed by atoms with Gasteiger partial charge in [0.1, 0.15) is 5.82 Å². The monoisotopic (exact) mass is 451 g/mol. The van der Waals surface area contributed by atoms with Crippen LogP contribution in [0.15, 0.2) is 30.5 Å². The summed E-state index contributed by atoms with van der Waals surface area (Å²) in [4.78, 5) is 8.89. The molecule has 2 aromatic rings. The molecule has 0 radical (unpaired) electrons. The first-order chi connectivity index (χ1) is 8.20. The standard InChI is InChI=1S/C12H11I2N3/c1-2-15-12-10(14)7-16-11(17-12)8-3-5-9(13)6-4-8/h3-7H,2H2,1H3,(H,15,16,17). The number of halogens is 2. The van der Waals surface area contributed by atoms with Gasteiger partial charge in [0.2, 0.25) is 0 Å². The lowest BCUT2D eigenvalue weighted by atomic mass is 10.2. The normalized spacial score (nSPS) is 10.3. The maximum absolute atomic E-state index is 4.53. The van der Waals surface area contributed by atoms with E-state index in [1.165, 1.54) is 3.57 Å². The fourth-order valence-electron chi connectivity index (χ4n) is 1.40. The molecule has 2 rings (SSSR count). The third-order valence-corrected chi connectivity index (χ3v) is 3.70. The highest BCUT2D eigenvalue weighted by atomic mass is 127. The Morgan fingerprint density at radius 2 is 1.88 bits per heavy atom. The molecule has 0 unspecified atom stereocenters. The maximum atomic E-state index is 4.53. The van der Waals surface area contributed by atoms with Crippen LogP contribution < -0.4 is 5.32 Å². The van der Waals surface area contributed by atoms with Crippen molar-refractivity contribution in [2.75, 3.05) is 11.9 Å². The second kappa shape index (κ2) is 5.94. The third-order valence-electron chi connectivity index (χ3n) is 2.19. The molecule has 0 fully saturated rings. The molecule has 0 aliphatic heterocycles. The molecule has 1 N–H and O–H groups in total. The molecule has 0 spiro atoms. The zero-order chi connectivity index (χ0) is 12.3. The Balaban J connectivity index is 2.39. The first-order valence-electron chi connectivity index (χ1n) is 5.23. The molecule has 1 aromatic heterocycles. The van der Waals surface area contributed by atoms with Crippen molar-refractivity contribution >= 4 is 51.0 Å². The molecule has 88 valence electrons. The van der Waals surface area contributed by atoms with E-state index >= 15 is 0 Å². The van der Waals surface area contributed by atoms with Crippen molar-refractivity contribution in [1.29, 1.82) is 0 Å². The van der Waals surface area contributed by atoms with E-state index in [0.29, 0.717) is 0 Å². The lowest BCUT2D eigenvalue weighted by molar-refractivity contribution is 1.10. The summed E-state index contributed by atoms with van der Waals surface area (Å²) < 4.78 is 2.25. The fourth-order valence-corrected chi connectivity index (χ4v) is 2.21. The van der Waals surface area contributed by atoms with Gasteiger partial charge in [-0.3, -0.25) is 0 Å². The molecule has 0 saturated carbocycles. The Labute approximate surface area is 128 Å². The van der Waals surface area contributed by atoms with Crippen molar-refractivity contribution in [1.82, 2.24) is 9.97 Å². The van der Waals surface area contributed by atoms with E-state index in [2.05, 4.69) is 79.5 Å². The van der Waals surface area contributed by atoms with Crippen molar-refractivity contribution in [3.8, 4) is 11.4 Å². The average Bonchev–Trinajstić information content (AvgIpc) is 2.33. The first-order valence-corrected chi connectivity index (χ1v) is 7.39. The molecule has 5 heteroatoms. The number of aromatic nitrogens is 2. The van der Waals surface area contributed by atoms with Crippen molar-refractivity contribution in [2.24, 2.45) is 0 Å². The molecule has 0 amide bonds. The van der Waals surface area contributed by atoms with Gasteiger partial charge in [0.25, 0.3) is 0 Å². The van der Waals surface area contributed by atoms with Gasteiger partial charge >= 0.3 is 0 Å². The summed E-state index contributed by atoms with van der Waals surface area (Å²) in [6.45, 7) is 2.92. The summed E-state index contributed by atoms with van der Waals surface area (Å²) >= 11 is 4.52. The molecule has 0 bridgehead atoms. The Morgan fingerprint density at radius 3 is 2.53 bits per heavy atom.